The van der Waals surface area contributed by atoms with Crippen LogP contribution in [0.4, 0.5) is 0 Å². The van der Waals surface area contributed by atoms with Crippen LogP contribution in [0, 0.1) is 13.8 Å². The molecular weight excluding hydrogens is 458 g/mol. The molecular formula is C24H28BrN3O3. The summed E-state index contributed by atoms with van der Waals surface area (Å²) in [6.45, 7) is 7.26. The molecule has 3 amide bonds. The molecule has 1 aliphatic heterocycles. The Hall–Kier alpha value is -2.67. The molecule has 2 aromatic rings. The maximum absolute atomic E-state index is 13.2. The van der Waals surface area contributed by atoms with Crippen molar-refractivity contribution in [1.29, 1.82) is 0 Å². The summed E-state index contributed by atoms with van der Waals surface area (Å²) in [6.07, 6.45) is 0.446. The number of amides is 3. The molecule has 1 N–H and O–H groups in total. The van der Waals surface area contributed by atoms with Crippen molar-refractivity contribution < 1.29 is 14.4 Å². The zero-order valence-electron chi connectivity index (χ0n) is 18.2. The van der Waals surface area contributed by atoms with Gasteiger partial charge in [-0.2, -0.15) is 0 Å². The number of nitrogens with one attached hydrogen (secondary N) is 1. The van der Waals surface area contributed by atoms with Gasteiger partial charge in [0.1, 0.15) is 6.04 Å². The van der Waals surface area contributed by atoms with Crippen molar-refractivity contribution in [2.45, 2.75) is 33.2 Å². The van der Waals surface area contributed by atoms with E-state index in [1.54, 1.807) is 15.9 Å². The Morgan fingerprint density at radius 2 is 1.65 bits per heavy atom. The summed E-state index contributed by atoms with van der Waals surface area (Å²) in [5, 5.41) is 2.82. The van der Waals surface area contributed by atoms with Gasteiger partial charge in [0.05, 0.1) is 5.56 Å². The van der Waals surface area contributed by atoms with E-state index in [2.05, 4.69) is 27.3 Å². The zero-order chi connectivity index (χ0) is 22.5. The van der Waals surface area contributed by atoms with E-state index in [9.17, 15) is 14.4 Å². The second-order valence-corrected chi connectivity index (χ2v) is 8.84. The third kappa shape index (κ3) is 5.73. The SMILES string of the molecule is CC(=O)N[C@@H](Cc1cc(C)ccc1C)C(=O)N1CCN(C(=O)c2ccccc2Br)CC1. The summed E-state index contributed by atoms with van der Waals surface area (Å²) >= 11 is 3.43. The maximum atomic E-state index is 13.2. The number of hydrogen-bond acceptors (Lipinski definition) is 3. The first-order chi connectivity index (χ1) is 14.8. The highest BCUT2D eigenvalue weighted by Gasteiger charge is 2.30. The Bertz CT molecular complexity index is 984. The number of aryl methyl sites for hydroxylation is 2. The number of nitrogens with zero attached hydrogens (tertiary/aromatic N) is 2. The second kappa shape index (κ2) is 10.1. The van der Waals surface area contributed by atoms with Crippen molar-refractivity contribution >= 4 is 33.7 Å². The Morgan fingerprint density at radius 3 is 2.29 bits per heavy atom. The number of piperazine rings is 1. The number of hydrogen-bond donors (Lipinski definition) is 1. The lowest BCUT2D eigenvalue weighted by atomic mass is 9.98. The molecule has 1 aliphatic rings. The van der Waals surface area contributed by atoms with Gasteiger partial charge in [-0.1, -0.05) is 35.9 Å². The molecule has 3 rings (SSSR count). The molecule has 0 bridgehead atoms. The highest BCUT2D eigenvalue weighted by atomic mass is 79.9. The van der Waals surface area contributed by atoms with E-state index in [1.165, 1.54) is 6.92 Å². The van der Waals surface area contributed by atoms with Gasteiger partial charge in [0.25, 0.3) is 5.91 Å². The number of benzene rings is 2. The smallest absolute Gasteiger partial charge is 0.255 e. The van der Waals surface area contributed by atoms with Crippen LogP contribution in [-0.2, 0) is 16.0 Å². The van der Waals surface area contributed by atoms with Crippen LogP contribution < -0.4 is 5.32 Å². The lowest BCUT2D eigenvalue weighted by Gasteiger charge is -2.36. The predicted octanol–water partition coefficient (Wildman–Crippen LogP) is 3.10. The molecule has 1 heterocycles. The molecule has 1 fully saturated rings. The summed E-state index contributed by atoms with van der Waals surface area (Å²) in [6, 6.07) is 12.9. The standard InChI is InChI=1S/C24H28BrN3O3/c1-16-8-9-17(2)19(14-16)15-22(26-18(3)29)24(31)28-12-10-27(11-13-28)23(30)20-6-4-5-7-21(20)25/h4-9,14,22H,10-13,15H2,1-3H3,(H,26,29)/t22-/m0/s1. The molecule has 0 aromatic heterocycles. The Labute approximate surface area is 191 Å². The maximum Gasteiger partial charge on any atom is 0.255 e. The van der Waals surface area contributed by atoms with E-state index in [-0.39, 0.29) is 17.7 Å². The quantitative estimate of drug-likeness (QED) is 0.707. The van der Waals surface area contributed by atoms with E-state index in [4.69, 9.17) is 0 Å². The number of halogens is 1. The van der Waals surface area contributed by atoms with Crippen molar-refractivity contribution in [3.63, 3.8) is 0 Å². The van der Waals surface area contributed by atoms with E-state index in [0.717, 1.165) is 21.2 Å². The van der Waals surface area contributed by atoms with Crippen LogP contribution in [0.3, 0.4) is 0 Å². The first-order valence-electron chi connectivity index (χ1n) is 10.4. The van der Waals surface area contributed by atoms with Gasteiger partial charge in [0.2, 0.25) is 11.8 Å². The fourth-order valence-electron chi connectivity index (χ4n) is 3.84. The van der Waals surface area contributed by atoms with E-state index in [1.807, 2.05) is 44.2 Å². The van der Waals surface area contributed by atoms with Gasteiger partial charge in [0.15, 0.2) is 0 Å². The van der Waals surface area contributed by atoms with Crippen LogP contribution >= 0.6 is 15.9 Å². The Morgan fingerprint density at radius 1 is 1.00 bits per heavy atom. The molecule has 0 radical (unpaired) electrons. The van der Waals surface area contributed by atoms with Crippen LogP contribution in [0.15, 0.2) is 46.9 Å². The number of carbonyl (C=O) groups is 3. The first kappa shape index (κ1) is 23.0. The molecule has 6 nitrogen and oxygen atoms in total. The number of carbonyl (C=O) groups excluding carboxylic acids is 3. The molecule has 164 valence electrons. The van der Waals surface area contributed by atoms with Gasteiger partial charge >= 0.3 is 0 Å². The lowest BCUT2D eigenvalue weighted by molar-refractivity contribution is -0.137. The van der Waals surface area contributed by atoms with E-state index >= 15 is 0 Å². The predicted molar refractivity (Wildman–Crippen MR) is 124 cm³/mol. The van der Waals surface area contributed by atoms with E-state index in [0.29, 0.717) is 38.2 Å². The van der Waals surface area contributed by atoms with Crippen molar-refractivity contribution in [2.24, 2.45) is 0 Å². The third-order valence-corrected chi connectivity index (χ3v) is 6.28. The molecule has 0 unspecified atom stereocenters. The van der Waals surface area contributed by atoms with E-state index < -0.39 is 6.04 Å². The van der Waals surface area contributed by atoms with Crippen LogP contribution in [0.2, 0.25) is 0 Å². The monoisotopic (exact) mass is 485 g/mol. The van der Waals surface area contributed by atoms with Crippen LogP contribution in [0.5, 0.6) is 0 Å². The summed E-state index contributed by atoms with van der Waals surface area (Å²) < 4.78 is 0.762. The average Bonchev–Trinajstić information content (AvgIpc) is 2.75. The van der Waals surface area contributed by atoms with Crippen LogP contribution in [0.1, 0.15) is 34.0 Å². The topological polar surface area (TPSA) is 69.7 Å². The van der Waals surface area contributed by atoms with Gasteiger partial charge in [-0.3, -0.25) is 14.4 Å². The normalized spacial score (nSPS) is 14.8. The first-order valence-corrected chi connectivity index (χ1v) is 11.2. The zero-order valence-corrected chi connectivity index (χ0v) is 19.7. The number of rotatable bonds is 5. The molecule has 31 heavy (non-hydrogen) atoms. The summed E-state index contributed by atoms with van der Waals surface area (Å²) in [5.74, 6) is -0.385. The van der Waals surface area contributed by atoms with Gasteiger partial charge in [0, 0.05) is 44.0 Å². The highest BCUT2D eigenvalue weighted by molar-refractivity contribution is 9.10. The second-order valence-electron chi connectivity index (χ2n) is 7.98. The molecule has 7 heteroatoms. The summed E-state index contributed by atoms with van der Waals surface area (Å²) in [7, 11) is 0. The van der Waals surface area contributed by atoms with Crippen molar-refractivity contribution in [1.82, 2.24) is 15.1 Å². The largest absolute Gasteiger partial charge is 0.344 e. The van der Waals surface area contributed by atoms with Gasteiger partial charge in [-0.05, 0) is 53.0 Å². The molecule has 0 aliphatic carbocycles. The Kier molecular flexibility index (Phi) is 7.49. The Balaban J connectivity index is 1.67. The highest BCUT2D eigenvalue weighted by Crippen LogP contribution is 2.19. The summed E-state index contributed by atoms with van der Waals surface area (Å²) in [5.41, 5.74) is 3.88. The van der Waals surface area contributed by atoms with Gasteiger partial charge in [-0.25, -0.2) is 0 Å². The van der Waals surface area contributed by atoms with Crippen molar-refractivity contribution in [3.8, 4) is 0 Å². The van der Waals surface area contributed by atoms with Crippen LogP contribution in [-0.4, -0.2) is 59.7 Å². The minimum Gasteiger partial charge on any atom is -0.344 e. The van der Waals surface area contributed by atoms with Crippen molar-refractivity contribution in [2.75, 3.05) is 26.2 Å². The lowest BCUT2D eigenvalue weighted by Crippen LogP contribution is -2.56. The minimum absolute atomic E-state index is 0.0478. The minimum atomic E-state index is -0.622. The molecule has 1 atom stereocenters. The molecule has 0 spiro atoms. The van der Waals surface area contributed by atoms with Crippen molar-refractivity contribution in [3.05, 3.63) is 69.2 Å². The molecule has 2 aromatic carbocycles. The fourth-order valence-corrected chi connectivity index (χ4v) is 4.30. The van der Waals surface area contributed by atoms with Gasteiger partial charge in [-0.15, -0.1) is 0 Å². The molecule has 1 saturated heterocycles. The summed E-state index contributed by atoms with van der Waals surface area (Å²) in [4.78, 5) is 41.3. The average molecular weight is 486 g/mol. The third-order valence-electron chi connectivity index (χ3n) is 5.59. The van der Waals surface area contributed by atoms with Gasteiger partial charge < -0.3 is 15.1 Å². The van der Waals surface area contributed by atoms with Crippen LogP contribution in [0.25, 0.3) is 0 Å². The fraction of sp³-hybridized carbons (Fsp3) is 0.375. The molecule has 0 saturated carbocycles.